The summed E-state index contributed by atoms with van der Waals surface area (Å²) in [5.41, 5.74) is 4.13. The summed E-state index contributed by atoms with van der Waals surface area (Å²) < 4.78 is 57.4. The van der Waals surface area contributed by atoms with Crippen molar-refractivity contribution in [3.63, 3.8) is 0 Å². The molecule has 122 heavy (non-hydrogen) atoms. The number of rotatable bonds is 58. The van der Waals surface area contributed by atoms with E-state index >= 15 is 0 Å². The van der Waals surface area contributed by atoms with Crippen LogP contribution < -0.4 is 36.8 Å². The highest BCUT2D eigenvalue weighted by atomic mass is 31.2. The molecule has 7 amide bonds. The van der Waals surface area contributed by atoms with Crippen molar-refractivity contribution in [2.75, 3.05) is 77.3 Å². The molecule has 7 rings (SSSR count). The molecule has 3 aromatic rings. The van der Waals surface area contributed by atoms with Crippen LogP contribution in [0.15, 0.2) is 48.5 Å². The minimum Gasteiger partial charge on any atom is -0.394 e. The van der Waals surface area contributed by atoms with Crippen molar-refractivity contribution in [3.05, 3.63) is 54.1 Å². The zero-order chi connectivity index (χ0) is 88.5. The van der Waals surface area contributed by atoms with Gasteiger partial charge in [0, 0.05) is 95.8 Å². The Morgan fingerprint density at radius 3 is 1.35 bits per heavy atom. The first-order chi connectivity index (χ1) is 58.7. The number of carbonyl (C=O) groups excluding carboxylic acids is 7. The number of aromatic nitrogens is 3. The number of anilines is 1. The number of phosphoric ester groups is 1. The Morgan fingerprint density at radius 2 is 0.877 bits per heavy atom. The number of para-hydroxylation sites is 1. The lowest BCUT2D eigenvalue weighted by Gasteiger charge is -2.39. The van der Waals surface area contributed by atoms with Crippen LogP contribution in [-0.2, 0) is 88.7 Å². The molecule has 1 aromatic heterocycles. The van der Waals surface area contributed by atoms with E-state index in [4.69, 9.17) is 37.5 Å². The first kappa shape index (κ1) is 102. The number of fused-ring (bicyclic) bond motifs is 5. The first-order valence-corrected chi connectivity index (χ1v) is 44.8. The number of unbranched alkanes of at least 4 members (excludes halogenated alkanes) is 14. The van der Waals surface area contributed by atoms with E-state index in [0.29, 0.717) is 164 Å². The molecule has 19 N–H and O–H groups in total. The highest BCUT2D eigenvalue weighted by Gasteiger charge is 2.47. The summed E-state index contributed by atoms with van der Waals surface area (Å²) >= 11 is 0. The number of nitrogens with one attached hydrogen (secondary N) is 6. The minimum atomic E-state index is -4.15. The van der Waals surface area contributed by atoms with Crippen molar-refractivity contribution >= 4 is 54.9 Å². The molecular formula is C82H133N10O29P. The first-order valence-electron chi connectivity index (χ1n) is 43.3. The Hall–Kier alpha value is -6.74. The van der Waals surface area contributed by atoms with Gasteiger partial charge in [-0.1, -0.05) is 119 Å². The molecular weight excluding hydrogens is 1620 g/mol. The van der Waals surface area contributed by atoms with Gasteiger partial charge in [-0.05, 0) is 102 Å². The maximum Gasteiger partial charge on any atom is 0.472 e. The van der Waals surface area contributed by atoms with E-state index in [1.165, 1.54) is 0 Å². The van der Waals surface area contributed by atoms with E-state index in [2.05, 4.69) is 42.2 Å². The van der Waals surface area contributed by atoms with Gasteiger partial charge in [-0.15, -0.1) is 5.10 Å². The van der Waals surface area contributed by atoms with E-state index in [9.17, 15) is 104 Å². The predicted octanol–water partition coefficient (Wildman–Crippen LogP) is 0.807. The van der Waals surface area contributed by atoms with Crippen LogP contribution in [0.1, 0.15) is 199 Å². The molecule has 3 saturated heterocycles. The van der Waals surface area contributed by atoms with Crippen molar-refractivity contribution in [3.8, 4) is 22.5 Å². The van der Waals surface area contributed by atoms with Crippen LogP contribution in [0.25, 0.3) is 22.5 Å². The summed E-state index contributed by atoms with van der Waals surface area (Å²) in [5, 5.41) is 147. The van der Waals surface area contributed by atoms with Crippen LogP contribution in [0.5, 0.6) is 0 Å². The van der Waals surface area contributed by atoms with Crippen molar-refractivity contribution in [2.24, 2.45) is 0 Å². The quantitative estimate of drug-likeness (QED) is 0.0275. The van der Waals surface area contributed by atoms with Crippen molar-refractivity contribution in [2.45, 2.75) is 317 Å². The second kappa shape index (κ2) is 55.0. The molecule has 0 spiro atoms. The van der Waals surface area contributed by atoms with Crippen LogP contribution in [0, 0.1) is 0 Å². The van der Waals surface area contributed by atoms with Gasteiger partial charge in [-0.2, -0.15) is 0 Å². The van der Waals surface area contributed by atoms with Crippen LogP contribution in [0.2, 0.25) is 0 Å². The number of aliphatic hydroxyl groups excluding tert-OH is 12. The minimum absolute atomic E-state index is 0.0191. The lowest BCUT2D eigenvalue weighted by atomic mass is 9.95. The molecule has 4 aliphatic heterocycles. The molecule has 2 aromatic carbocycles. The molecule has 3 fully saturated rings. The second-order valence-corrected chi connectivity index (χ2v) is 32.7. The molecule has 0 radical (unpaired) electrons. The van der Waals surface area contributed by atoms with Gasteiger partial charge in [0.15, 0.2) is 18.9 Å². The fourth-order valence-electron chi connectivity index (χ4n) is 14.6. The largest absolute Gasteiger partial charge is 0.472 e. The summed E-state index contributed by atoms with van der Waals surface area (Å²) in [7, 11) is -4.15. The fourth-order valence-corrected chi connectivity index (χ4v) is 15.7. The smallest absolute Gasteiger partial charge is 0.394 e. The summed E-state index contributed by atoms with van der Waals surface area (Å²) in [6, 6.07) is 12.6. The zero-order valence-electron chi connectivity index (χ0n) is 70.1. The lowest BCUT2D eigenvalue weighted by molar-refractivity contribution is -0.301. The van der Waals surface area contributed by atoms with Gasteiger partial charge in [-0.25, -0.2) is 9.25 Å². The van der Waals surface area contributed by atoms with Gasteiger partial charge in [-0.3, -0.25) is 42.6 Å². The zero-order valence-corrected chi connectivity index (χ0v) is 71.0. The fraction of sp³-hybridized carbons (Fsp3) is 0.744. The predicted molar refractivity (Wildman–Crippen MR) is 438 cm³/mol. The summed E-state index contributed by atoms with van der Waals surface area (Å²) in [4.78, 5) is 109. The Bertz CT molecular complexity index is 3660. The average Bonchev–Trinajstić information content (AvgIpc) is 1.55. The third-order valence-corrected chi connectivity index (χ3v) is 23.0. The van der Waals surface area contributed by atoms with Crippen LogP contribution in [-0.4, -0.2) is 305 Å². The van der Waals surface area contributed by atoms with Crippen LogP contribution in [0.4, 0.5) is 5.69 Å². The van der Waals surface area contributed by atoms with Crippen LogP contribution >= 0.6 is 7.82 Å². The topological polar surface area (TPSA) is 580 Å². The van der Waals surface area contributed by atoms with Crippen molar-refractivity contribution < 1.29 is 142 Å². The van der Waals surface area contributed by atoms with Crippen LogP contribution in [0.3, 0.4) is 0 Å². The lowest BCUT2D eigenvalue weighted by Crippen LogP contribution is -2.59. The van der Waals surface area contributed by atoms with Crippen molar-refractivity contribution in [1.29, 1.82) is 0 Å². The van der Waals surface area contributed by atoms with Gasteiger partial charge in [0.25, 0.3) is 0 Å². The molecule has 39 nitrogen and oxygen atoms in total. The average molecular weight is 1750 g/mol. The molecule has 5 heterocycles. The van der Waals surface area contributed by atoms with Gasteiger partial charge in [0.1, 0.15) is 91.0 Å². The summed E-state index contributed by atoms with van der Waals surface area (Å²) in [6.45, 7) is 3.86. The van der Waals surface area contributed by atoms with E-state index in [1.54, 1.807) is 9.58 Å². The Morgan fingerprint density at radius 1 is 0.467 bits per heavy atom. The summed E-state index contributed by atoms with van der Waals surface area (Å²) in [6.07, 6.45) is -10.7. The third-order valence-electron chi connectivity index (χ3n) is 21.9. The standard InChI is InChI=1S/C82H133N10O29P/c1-3-53(4-2)121-122(112,113)117-47-27-12-8-20-40-84-63(97)37-38-66(100)91-48-52-28-15-16-29-54(52)67-68(55-30-17-18-31-58(55)91)92(90-89-67)43-23-13-14-32-64(98)87-57(79(111)86-42-22-7-11-26-46-116-82-77(109)74(106)71(103)61(51-95)120-82)34-36-65(99)88-56(78(110)85-41-21-6-10-25-45-115-81-76(108)73(105)70(102)60(50-94)119-81)33-35-62(96)83-39-19-5-9-24-44-114-80-75(107)72(104)69(101)59(49-93)118-80/h15-18,28-31,53,56-57,59-61,69-77,80-82,93-95,101-109H,3-14,19-27,32-51H2,1-2H3,(H,83,96)(H,84,97)(H,85,110)(H,86,111)(H,87,98)(H,88,99)(H,112,113)/t56?,57?,59-,60-,61-,69-,70-,71-,72?,73?,74?,75?,76?,77?,80+,81+,82+/m1/s1. The Kier molecular flexibility index (Phi) is 46.1. The molecule has 40 heteroatoms. The monoisotopic (exact) mass is 1750 g/mol. The van der Waals surface area contributed by atoms with Gasteiger partial charge >= 0.3 is 7.82 Å². The number of amides is 7. The molecule has 9 unspecified atom stereocenters. The maximum atomic E-state index is 14.4. The molecule has 0 aliphatic carbocycles. The number of aliphatic hydroxyl groups is 12. The van der Waals surface area contributed by atoms with E-state index in [0.717, 1.165) is 17.5 Å². The molecule has 0 saturated carbocycles. The summed E-state index contributed by atoms with van der Waals surface area (Å²) in [5.74, 6) is -3.27. The van der Waals surface area contributed by atoms with Gasteiger partial charge < -0.3 is 131 Å². The molecule has 0 bridgehead atoms. The van der Waals surface area contributed by atoms with Gasteiger partial charge in [0.05, 0.1) is 50.5 Å². The SMILES string of the molecule is CCC(CC)OP(=O)(O)OCCCCCCNC(=O)CCC(=O)N1Cc2ccccc2-c2nnn(CCCCCC(=O)NC(CCC(=O)NC(CCC(=O)NCCCCCCO[C@H]3O[C@H](CO)[C@@H](O)C(O)C3O)C(=O)NCCCCCCO[C@H]3O[C@H](CO)[C@@H](O)C(O)C3O)C(=O)NCCCCCCO[C@H]3O[C@H](CO)[C@@H](O)C(O)C3O)c2-c2ccccc21. The Balaban J connectivity index is 0.929. The number of benzene rings is 2. The van der Waals surface area contributed by atoms with Gasteiger partial charge in [0.2, 0.25) is 41.4 Å². The Labute approximate surface area is 711 Å². The number of ether oxygens (including phenoxy) is 6. The number of nitrogens with zero attached hydrogens (tertiary/aromatic N) is 4. The number of aryl methyl sites for hydroxylation is 1. The van der Waals surface area contributed by atoms with E-state index < -0.39 is 161 Å². The molecule has 18 atom stereocenters. The normalized spacial score (nSPS) is 24.3. The highest BCUT2D eigenvalue weighted by molar-refractivity contribution is 7.47. The molecule has 4 aliphatic rings. The second-order valence-electron chi connectivity index (χ2n) is 31.3. The van der Waals surface area contributed by atoms with E-state index in [1.807, 2.05) is 62.4 Å². The molecule has 690 valence electrons. The van der Waals surface area contributed by atoms with Crippen molar-refractivity contribution in [1.82, 2.24) is 46.9 Å². The highest BCUT2D eigenvalue weighted by Crippen LogP contribution is 2.46. The third kappa shape index (κ3) is 33.2. The number of carbonyl (C=O) groups is 7. The number of phosphoric acid groups is 1. The maximum absolute atomic E-state index is 14.4. The van der Waals surface area contributed by atoms with E-state index in [-0.39, 0.29) is 115 Å². The number of hydrogen-bond donors (Lipinski definition) is 19. The number of hydrogen-bond acceptors (Lipinski definition) is 30.